The van der Waals surface area contributed by atoms with Crippen LogP contribution in [0.25, 0.3) is 16.9 Å². The van der Waals surface area contributed by atoms with E-state index >= 15 is 0 Å². The Morgan fingerprint density at radius 2 is 1.95 bits per heavy atom. The van der Waals surface area contributed by atoms with Crippen molar-refractivity contribution in [3.8, 4) is 23.0 Å². The van der Waals surface area contributed by atoms with Gasteiger partial charge in [-0.05, 0) is 30.2 Å². The molecule has 0 saturated heterocycles. The van der Waals surface area contributed by atoms with Crippen molar-refractivity contribution < 1.29 is 0 Å². The number of benzene rings is 2. The molecule has 2 aromatic carbocycles. The summed E-state index contributed by atoms with van der Waals surface area (Å²) in [6.07, 6.45) is 0.989. The summed E-state index contributed by atoms with van der Waals surface area (Å²) >= 11 is 0. The number of nitrogens with zero attached hydrogens (tertiary/aromatic N) is 4. The maximum atomic E-state index is 8.98. The average Bonchev–Trinajstić information content (AvgIpc) is 2.96. The fourth-order valence-electron chi connectivity index (χ4n) is 2.29. The van der Waals surface area contributed by atoms with Crippen molar-refractivity contribution in [2.75, 3.05) is 5.73 Å². The lowest BCUT2D eigenvalue weighted by molar-refractivity contribution is 0.810. The van der Waals surface area contributed by atoms with Crippen LogP contribution in [-0.2, 0) is 6.42 Å². The number of aryl methyl sites for hydroxylation is 1. The Balaban J connectivity index is 2.02. The van der Waals surface area contributed by atoms with Gasteiger partial charge < -0.3 is 5.73 Å². The zero-order valence-electron chi connectivity index (χ0n) is 12.2. The molecular formula is C17H15N5. The van der Waals surface area contributed by atoms with Gasteiger partial charge in [0, 0.05) is 5.56 Å². The number of hydrogen-bond acceptors (Lipinski definition) is 4. The first-order valence-electron chi connectivity index (χ1n) is 7.04. The topological polar surface area (TPSA) is 80.5 Å². The normalized spacial score (nSPS) is 10.4. The molecule has 5 nitrogen and oxygen atoms in total. The predicted octanol–water partition coefficient (Wildman–Crippen LogP) is 2.95. The van der Waals surface area contributed by atoms with E-state index in [-0.39, 0.29) is 0 Å². The standard InChI is InChI=1S/C17H15N5/c1-2-12-6-8-14(9-7-12)16-17(19)22(21-20-16)15-5-3-4-13(10-15)11-18/h3-10H,2,19H2,1H3. The average molecular weight is 289 g/mol. The molecule has 0 amide bonds. The van der Waals surface area contributed by atoms with Crippen LogP contribution in [0.15, 0.2) is 48.5 Å². The van der Waals surface area contributed by atoms with Gasteiger partial charge in [0.25, 0.3) is 0 Å². The highest BCUT2D eigenvalue weighted by atomic mass is 15.5. The number of rotatable bonds is 3. The minimum Gasteiger partial charge on any atom is -0.382 e. The third-order valence-corrected chi connectivity index (χ3v) is 3.56. The Morgan fingerprint density at radius 3 is 2.64 bits per heavy atom. The van der Waals surface area contributed by atoms with Gasteiger partial charge in [-0.1, -0.05) is 42.5 Å². The lowest BCUT2D eigenvalue weighted by Gasteiger charge is -2.04. The Hall–Kier alpha value is -3.13. The molecule has 0 unspecified atom stereocenters. The predicted molar refractivity (Wildman–Crippen MR) is 85.3 cm³/mol. The largest absolute Gasteiger partial charge is 0.382 e. The Labute approximate surface area is 128 Å². The van der Waals surface area contributed by atoms with Crippen LogP contribution >= 0.6 is 0 Å². The second kappa shape index (κ2) is 5.70. The van der Waals surface area contributed by atoms with Gasteiger partial charge in [0.15, 0.2) is 5.82 Å². The number of nitrogen functional groups attached to an aromatic ring is 1. The third-order valence-electron chi connectivity index (χ3n) is 3.56. The van der Waals surface area contributed by atoms with E-state index in [9.17, 15) is 0 Å². The fraction of sp³-hybridized carbons (Fsp3) is 0.118. The molecular weight excluding hydrogens is 274 g/mol. The molecule has 3 rings (SSSR count). The Bertz CT molecular complexity index is 840. The molecule has 0 fully saturated rings. The number of aromatic nitrogens is 3. The molecule has 0 spiro atoms. The van der Waals surface area contributed by atoms with Crippen LogP contribution in [-0.4, -0.2) is 15.0 Å². The maximum Gasteiger partial charge on any atom is 0.155 e. The summed E-state index contributed by atoms with van der Waals surface area (Å²) in [5.41, 5.74) is 10.3. The van der Waals surface area contributed by atoms with Crippen LogP contribution in [0, 0.1) is 11.3 Å². The van der Waals surface area contributed by atoms with Gasteiger partial charge in [-0.3, -0.25) is 0 Å². The Morgan fingerprint density at radius 1 is 1.18 bits per heavy atom. The molecule has 5 heteroatoms. The third kappa shape index (κ3) is 2.42. The summed E-state index contributed by atoms with van der Waals surface area (Å²) in [4.78, 5) is 0. The molecule has 0 saturated carbocycles. The van der Waals surface area contributed by atoms with Crippen molar-refractivity contribution >= 4 is 5.82 Å². The first-order chi connectivity index (χ1) is 10.7. The van der Waals surface area contributed by atoms with E-state index in [1.165, 1.54) is 5.56 Å². The highest BCUT2D eigenvalue weighted by molar-refractivity contribution is 5.71. The number of hydrogen-bond donors (Lipinski definition) is 1. The van der Waals surface area contributed by atoms with E-state index in [1.807, 2.05) is 18.2 Å². The number of nitrogens with two attached hydrogens (primary N) is 1. The molecule has 108 valence electrons. The van der Waals surface area contributed by atoms with Crippen LogP contribution in [0.3, 0.4) is 0 Å². The second-order valence-corrected chi connectivity index (χ2v) is 4.95. The monoisotopic (exact) mass is 289 g/mol. The molecule has 0 radical (unpaired) electrons. The molecule has 0 atom stereocenters. The van der Waals surface area contributed by atoms with E-state index < -0.39 is 0 Å². The number of anilines is 1. The lowest BCUT2D eigenvalue weighted by atomic mass is 10.1. The molecule has 1 aromatic heterocycles. The van der Waals surface area contributed by atoms with E-state index in [0.29, 0.717) is 17.1 Å². The van der Waals surface area contributed by atoms with Crippen molar-refractivity contribution in [3.05, 3.63) is 59.7 Å². The smallest absolute Gasteiger partial charge is 0.155 e. The first-order valence-corrected chi connectivity index (χ1v) is 7.04. The van der Waals surface area contributed by atoms with Gasteiger partial charge in [0.2, 0.25) is 0 Å². The zero-order chi connectivity index (χ0) is 15.5. The Kier molecular flexibility index (Phi) is 3.58. The molecule has 0 aliphatic rings. The molecule has 0 aliphatic carbocycles. The van der Waals surface area contributed by atoms with Crippen LogP contribution in [0.1, 0.15) is 18.1 Å². The zero-order valence-corrected chi connectivity index (χ0v) is 12.2. The SMILES string of the molecule is CCc1ccc(-c2nnn(-c3cccc(C#N)c3)c2N)cc1. The minimum atomic E-state index is 0.458. The summed E-state index contributed by atoms with van der Waals surface area (Å²) in [5, 5.41) is 17.3. The minimum absolute atomic E-state index is 0.458. The summed E-state index contributed by atoms with van der Waals surface area (Å²) in [5.74, 6) is 0.458. The van der Waals surface area contributed by atoms with Crippen molar-refractivity contribution in [1.82, 2.24) is 15.0 Å². The highest BCUT2D eigenvalue weighted by Gasteiger charge is 2.13. The van der Waals surface area contributed by atoms with Crippen LogP contribution in [0.4, 0.5) is 5.82 Å². The molecule has 22 heavy (non-hydrogen) atoms. The van der Waals surface area contributed by atoms with Crippen molar-refractivity contribution in [2.45, 2.75) is 13.3 Å². The van der Waals surface area contributed by atoms with Gasteiger partial charge in [-0.25, -0.2) is 0 Å². The fourth-order valence-corrected chi connectivity index (χ4v) is 2.29. The maximum absolute atomic E-state index is 8.98. The lowest BCUT2D eigenvalue weighted by Crippen LogP contribution is -2.02. The summed E-state index contributed by atoms with van der Waals surface area (Å²) in [6, 6.07) is 17.3. The highest BCUT2D eigenvalue weighted by Crippen LogP contribution is 2.25. The summed E-state index contributed by atoms with van der Waals surface area (Å²) in [6.45, 7) is 2.11. The molecule has 3 aromatic rings. The van der Waals surface area contributed by atoms with Gasteiger partial charge >= 0.3 is 0 Å². The summed E-state index contributed by atoms with van der Waals surface area (Å²) < 4.78 is 1.55. The van der Waals surface area contributed by atoms with Crippen LogP contribution in [0.5, 0.6) is 0 Å². The van der Waals surface area contributed by atoms with Gasteiger partial charge in [0.1, 0.15) is 5.69 Å². The van der Waals surface area contributed by atoms with Crippen molar-refractivity contribution in [1.29, 1.82) is 5.26 Å². The number of nitriles is 1. The van der Waals surface area contributed by atoms with Crippen molar-refractivity contribution in [3.63, 3.8) is 0 Å². The molecule has 1 heterocycles. The van der Waals surface area contributed by atoms with Gasteiger partial charge in [0.05, 0.1) is 17.3 Å². The quantitative estimate of drug-likeness (QED) is 0.803. The van der Waals surface area contributed by atoms with E-state index in [1.54, 1.807) is 22.9 Å². The van der Waals surface area contributed by atoms with E-state index in [0.717, 1.165) is 17.7 Å². The molecule has 2 N–H and O–H groups in total. The van der Waals surface area contributed by atoms with Gasteiger partial charge in [-0.15, -0.1) is 5.10 Å². The van der Waals surface area contributed by atoms with Crippen LogP contribution < -0.4 is 5.73 Å². The molecule has 0 bridgehead atoms. The van der Waals surface area contributed by atoms with Crippen LogP contribution in [0.2, 0.25) is 0 Å². The molecule has 0 aliphatic heterocycles. The first kappa shape index (κ1) is 13.8. The second-order valence-electron chi connectivity index (χ2n) is 4.95. The van der Waals surface area contributed by atoms with E-state index in [4.69, 9.17) is 11.0 Å². The van der Waals surface area contributed by atoms with Gasteiger partial charge in [-0.2, -0.15) is 9.94 Å². The van der Waals surface area contributed by atoms with E-state index in [2.05, 4.69) is 35.4 Å². The summed E-state index contributed by atoms with van der Waals surface area (Å²) in [7, 11) is 0. The van der Waals surface area contributed by atoms with Crippen molar-refractivity contribution in [2.24, 2.45) is 0 Å².